The van der Waals surface area contributed by atoms with Gasteiger partial charge in [0.15, 0.2) is 0 Å². The first-order valence-electron chi connectivity index (χ1n) is 8.61. The second-order valence-corrected chi connectivity index (χ2v) is 8.07. The molecular weight excluding hydrogens is 366 g/mol. The van der Waals surface area contributed by atoms with Gasteiger partial charge in [-0.15, -0.1) is 0 Å². The number of carbonyl (C=O) groups excluding carboxylic acids is 2. The highest BCUT2D eigenvalue weighted by molar-refractivity contribution is 8.26. The highest BCUT2D eigenvalue weighted by atomic mass is 32.2. The molecule has 0 unspecified atom stereocenters. The molecule has 3 rings (SSSR count). The fourth-order valence-corrected chi connectivity index (χ4v) is 4.04. The predicted octanol–water partition coefficient (Wildman–Crippen LogP) is 0.801. The summed E-state index contributed by atoms with van der Waals surface area (Å²) in [6, 6.07) is 9.87. The van der Waals surface area contributed by atoms with E-state index in [1.165, 1.54) is 21.6 Å². The van der Waals surface area contributed by atoms with Gasteiger partial charge in [-0.05, 0) is 11.6 Å². The van der Waals surface area contributed by atoms with Crippen molar-refractivity contribution in [2.75, 3.05) is 39.8 Å². The van der Waals surface area contributed by atoms with Crippen LogP contribution in [0.15, 0.2) is 47.4 Å². The number of benzene rings is 1. The summed E-state index contributed by atoms with van der Waals surface area (Å²) in [5.74, 6) is -0.222. The predicted molar refractivity (Wildman–Crippen MR) is 109 cm³/mol. The number of rotatable bonds is 4. The number of allylic oxidation sites excluding steroid dienone is 2. The van der Waals surface area contributed by atoms with E-state index >= 15 is 0 Å². The molecule has 0 bridgehead atoms. The molecule has 0 aliphatic carbocycles. The van der Waals surface area contributed by atoms with Crippen molar-refractivity contribution in [2.45, 2.75) is 0 Å². The summed E-state index contributed by atoms with van der Waals surface area (Å²) >= 11 is 6.55. The van der Waals surface area contributed by atoms with E-state index in [0.29, 0.717) is 9.23 Å². The number of piperazine rings is 1. The molecule has 2 fully saturated rings. The maximum atomic E-state index is 12.6. The van der Waals surface area contributed by atoms with Gasteiger partial charge in [-0.3, -0.25) is 14.5 Å². The van der Waals surface area contributed by atoms with E-state index < -0.39 is 0 Å². The van der Waals surface area contributed by atoms with Crippen molar-refractivity contribution in [3.8, 4) is 0 Å². The molecule has 7 heteroatoms. The lowest BCUT2D eigenvalue weighted by atomic mass is 10.2. The van der Waals surface area contributed by atoms with Crippen LogP contribution in [-0.2, 0) is 9.59 Å². The molecule has 0 spiro atoms. The van der Waals surface area contributed by atoms with Crippen molar-refractivity contribution >= 4 is 46.2 Å². The van der Waals surface area contributed by atoms with Crippen LogP contribution in [0.4, 0.5) is 0 Å². The molecule has 136 valence electrons. The molecule has 5 nitrogen and oxygen atoms in total. The molecular formula is C19H22N3O2S2+. The molecule has 1 aromatic carbocycles. The minimum Gasteiger partial charge on any atom is -0.334 e. The third-order valence-corrected chi connectivity index (χ3v) is 5.87. The van der Waals surface area contributed by atoms with Gasteiger partial charge >= 0.3 is 0 Å². The molecule has 26 heavy (non-hydrogen) atoms. The zero-order valence-corrected chi connectivity index (χ0v) is 16.3. The molecule has 2 aliphatic heterocycles. The van der Waals surface area contributed by atoms with Crippen molar-refractivity contribution in [3.63, 3.8) is 0 Å². The average molecular weight is 389 g/mol. The first kappa shape index (κ1) is 18.8. The monoisotopic (exact) mass is 388 g/mol. The molecule has 2 heterocycles. The number of nitrogens with one attached hydrogen (secondary N) is 1. The fraction of sp³-hybridized carbons (Fsp3) is 0.316. The Morgan fingerprint density at radius 1 is 1.27 bits per heavy atom. The van der Waals surface area contributed by atoms with Gasteiger partial charge < -0.3 is 9.80 Å². The molecule has 0 atom stereocenters. The molecule has 2 amide bonds. The van der Waals surface area contributed by atoms with Gasteiger partial charge in [0, 0.05) is 0 Å². The fourth-order valence-electron chi connectivity index (χ4n) is 2.83. The van der Waals surface area contributed by atoms with E-state index in [4.69, 9.17) is 12.2 Å². The Labute approximate surface area is 163 Å². The lowest BCUT2D eigenvalue weighted by Crippen LogP contribution is -3.12. The molecule has 0 aromatic heterocycles. The van der Waals surface area contributed by atoms with Crippen LogP contribution in [0.1, 0.15) is 5.56 Å². The first-order valence-corrected chi connectivity index (χ1v) is 9.83. The van der Waals surface area contributed by atoms with Crippen LogP contribution >= 0.6 is 24.0 Å². The summed E-state index contributed by atoms with van der Waals surface area (Å²) < 4.78 is 0.447. The van der Waals surface area contributed by atoms with Gasteiger partial charge in [-0.1, -0.05) is 66.5 Å². The van der Waals surface area contributed by atoms with Gasteiger partial charge in [-0.2, -0.15) is 0 Å². The van der Waals surface area contributed by atoms with Gasteiger partial charge in [0.05, 0.1) is 38.1 Å². The smallest absolute Gasteiger partial charge is 0.266 e. The van der Waals surface area contributed by atoms with Crippen molar-refractivity contribution < 1.29 is 14.5 Å². The number of carbonyl (C=O) groups is 2. The number of nitrogens with zero attached hydrogens (tertiary/aromatic N) is 2. The summed E-state index contributed by atoms with van der Waals surface area (Å²) in [5, 5.41) is 0. The van der Waals surface area contributed by atoms with Crippen molar-refractivity contribution in [3.05, 3.63) is 53.0 Å². The Morgan fingerprint density at radius 2 is 1.96 bits per heavy atom. The second-order valence-electron chi connectivity index (χ2n) is 6.40. The van der Waals surface area contributed by atoms with Gasteiger partial charge in [-0.25, -0.2) is 0 Å². The average Bonchev–Trinajstić information content (AvgIpc) is 2.91. The van der Waals surface area contributed by atoms with Crippen LogP contribution < -0.4 is 4.90 Å². The number of thioether (sulfide) groups is 1. The molecule has 1 aromatic rings. The zero-order chi connectivity index (χ0) is 18.5. The summed E-state index contributed by atoms with van der Waals surface area (Å²) in [7, 11) is 2.12. The van der Waals surface area contributed by atoms with Crippen molar-refractivity contribution in [2.24, 2.45) is 0 Å². The van der Waals surface area contributed by atoms with Crippen LogP contribution in [-0.4, -0.2) is 65.7 Å². The minimum atomic E-state index is -0.189. The van der Waals surface area contributed by atoms with Crippen LogP contribution in [0.2, 0.25) is 0 Å². The normalized spacial score (nSPS) is 20.6. The van der Waals surface area contributed by atoms with E-state index in [2.05, 4.69) is 7.05 Å². The number of thiocarbonyl (C=S) groups is 1. The van der Waals surface area contributed by atoms with Crippen LogP contribution in [0, 0.1) is 0 Å². The number of quaternary nitrogens is 1. The molecule has 2 aliphatic rings. The number of hydrogen-bond donors (Lipinski definition) is 1. The third kappa shape index (κ3) is 4.60. The van der Waals surface area contributed by atoms with Crippen LogP contribution in [0.5, 0.6) is 0 Å². The van der Waals surface area contributed by atoms with Crippen molar-refractivity contribution in [1.29, 1.82) is 0 Å². The van der Waals surface area contributed by atoms with Crippen molar-refractivity contribution in [1.82, 2.24) is 9.80 Å². The Kier molecular flexibility index (Phi) is 6.24. The molecule has 2 saturated heterocycles. The largest absolute Gasteiger partial charge is 0.334 e. The number of hydrogen-bond acceptors (Lipinski definition) is 4. The van der Waals surface area contributed by atoms with Crippen LogP contribution in [0.25, 0.3) is 6.08 Å². The van der Waals surface area contributed by atoms with Gasteiger partial charge in [0.1, 0.15) is 10.9 Å². The third-order valence-electron chi connectivity index (χ3n) is 4.47. The van der Waals surface area contributed by atoms with E-state index in [-0.39, 0.29) is 18.4 Å². The van der Waals surface area contributed by atoms with E-state index in [9.17, 15) is 9.59 Å². The van der Waals surface area contributed by atoms with E-state index in [0.717, 1.165) is 31.7 Å². The van der Waals surface area contributed by atoms with Gasteiger partial charge in [0.2, 0.25) is 5.91 Å². The summed E-state index contributed by atoms with van der Waals surface area (Å²) in [5.41, 5.74) is 1.06. The Morgan fingerprint density at radius 3 is 2.65 bits per heavy atom. The SMILES string of the molecule is C[NH+]1CCN(C(=O)CN2C(=O)/C(=C/C=C/c3ccccc3)SC2=S)CC1. The molecule has 0 radical (unpaired) electrons. The first-order chi connectivity index (χ1) is 12.5. The molecule has 0 saturated carbocycles. The lowest BCUT2D eigenvalue weighted by Gasteiger charge is -2.31. The zero-order valence-electron chi connectivity index (χ0n) is 14.7. The molecule has 1 N–H and O–H groups in total. The Hall–Kier alpha value is -1.96. The van der Waals surface area contributed by atoms with Gasteiger partial charge in [0.25, 0.3) is 5.91 Å². The quantitative estimate of drug-likeness (QED) is 0.612. The van der Waals surface area contributed by atoms with E-state index in [1.54, 1.807) is 6.08 Å². The topological polar surface area (TPSA) is 45.1 Å². The number of amides is 2. The standard InChI is InChI=1S/C19H21N3O2S2/c1-20-10-12-21(13-11-20)17(23)14-22-18(24)16(26-19(22)25)9-5-8-15-6-3-2-4-7-15/h2-9H,10-14H2,1H3/p+1/b8-5+,16-9-. The lowest BCUT2D eigenvalue weighted by molar-refractivity contribution is -0.883. The maximum absolute atomic E-state index is 12.6. The number of likely N-dealkylation sites (N-methyl/N-ethyl adjacent to an activating group) is 1. The summed E-state index contributed by atoms with van der Waals surface area (Å²) in [6.07, 6.45) is 5.53. The van der Waals surface area contributed by atoms with Crippen LogP contribution in [0.3, 0.4) is 0 Å². The van der Waals surface area contributed by atoms with E-state index in [1.807, 2.05) is 47.4 Å². The summed E-state index contributed by atoms with van der Waals surface area (Å²) in [6.45, 7) is 3.37. The highest BCUT2D eigenvalue weighted by Gasteiger charge is 2.34. The summed E-state index contributed by atoms with van der Waals surface area (Å²) in [4.78, 5) is 30.3. The Balaban J connectivity index is 1.60. The highest BCUT2D eigenvalue weighted by Crippen LogP contribution is 2.30. The maximum Gasteiger partial charge on any atom is 0.266 e. The minimum absolute atomic E-state index is 0.0312. The second kappa shape index (κ2) is 8.62. The Bertz CT molecular complexity index is 753.